The Hall–Kier alpha value is -1.82. The Balaban J connectivity index is 2.24. The van der Waals surface area contributed by atoms with Gasteiger partial charge < -0.3 is 16.3 Å². The highest BCUT2D eigenvalue weighted by atomic mass is 35.5. The second kappa shape index (κ2) is 5.05. The summed E-state index contributed by atoms with van der Waals surface area (Å²) in [6, 6.07) is 4.31. The largest absolute Gasteiger partial charge is 0.409 e. The summed E-state index contributed by atoms with van der Waals surface area (Å²) in [7, 11) is 0. The zero-order valence-corrected chi connectivity index (χ0v) is 10.7. The molecule has 1 amide bonds. The third-order valence-electron chi connectivity index (χ3n) is 3.44. The van der Waals surface area contributed by atoms with Gasteiger partial charge in [-0.1, -0.05) is 29.2 Å². The van der Waals surface area contributed by atoms with Crippen molar-refractivity contribution in [2.75, 3.05) is 5.32 Å². The molecule has 0 saturated heterocycles. The smallest absolute Gasteiger partial charge is 0.238 e. The van der Waals surface area contributed by atoms with E-state index in [0.717, 1.165) is 6.42 Å². The van der Waals surface area contributed by atoms with Crippen molar-refractivity contribution in [3.8, 4) is 0 Å². The first-order chi connectivity index (χ1) is 9.01. The van der Waals surface area contributed by atoms with Crippen LogP contribution in [0.5, 0.6) is 0 Å². The van der Waals surface area contributed by atoms with Crippen LogP contribution >= 0.6 is 11.6 Å². The van der Waals surface area contributed by atoms with Gasteiger partial charge in [-0.2, -0.15) is 0 Å². The number of carbonyl (C=O) groups excluding carboxylic acids is 1. The Kier molecular flexibility index (Phi) is 3.61. The lowest BCUT2D eigenvalue weighted by Crippen LogP contribution is -2.51. The highest BCUT2D eigenvalue weighted by Crippen LogP contribution is 2.42. The topological polar surface area (TPSA) is 87.7 Å². The number of nitrogens with zero attached hydrogens (tertiary/aromatic N) is 1. The normalized spacial score (nSPS) is 17.7. The number of hydrogen-bond acceptors (Lipinski definition) is 3. The number of hydrogen-bond donors (Lipinski definition) is 3. The van der Waals surface area contributed by atoms with E-state index in [1.54, 1.807) is 0 Å². The van der Waals surface area contributed by atoms with Crippen LogP contribution in [0.4, 0.5) is 10.1 Å². The van der Waals surface area contributed by atoms with Gasteiger partial charge in [0.2, 0.25) is 5.91 Å². The van der Waals surface area contributed by atoms with Crippen molar-refractivity contribution in [3.05, 3.63) is 29.0 Å². The summed E-state index contributed by atoms with van der Waals surface area (Å²) in [6.07, 6.45) is 1.73. The third kappa shape index (κ3) is 2.23. The fraction of sp³-hybridized carbons (Fsp3) is 0.333. The molecule has 0 unspecified atom stereocenters. The number of nitrogens with two attached hydrogens (primary N) is 1. The second-order valence-corrected chi connectivity index (χ2v) is 4.88. The fourth-order valence-electron chi connectivity index (χ4n) is 2.07. The maximum atomic E-state index is 13.7. The highest BCUT2D eigenvalue weighted by Gasteiger charge is 2.48. The van der Waals surface area contributed by atoms with Gasteiger partial charge in [0.15, 0.2) is 11.7 Å². The van der Waals surface area contributed by atoms with Crippen molar-refractivity contribution in [1.29, 1.82) is 0 Å². The van der Waals surface area contributed by atoms with Gasteiger partial charge in [0.1, 0.15) is 5.41 Å². The second-order valence-electron chi connectivity index (χ2n) is 4.48. The average molecular weight is 286 g/mol. The molecule has 102 valence electrons. The van der Waals surface area contributed by atoms with Crippen molar-refractivity contribution in [2.24, 2.45) is 16.3 Å². The lowest BCUT2D eigenvalue weighted by Gasteiger charge is -2.38. The van der Waals surface area contributed by atoms with Crippen molar-refractivity contribution in [2.45, 2.75) is 19.3 Å². The van der Waals surface area contributed by atoms with Crippen LogP contribution in [0.15, 0.2) is 23.4 Å². The molecule has 1 aliphatic carbocycles. The molecule has 0 atom stereocenters. The van der Waals surface area contributed by atoms with Crippen LogP contribution in [0.1, 0.15) is 19.3 Å². The first kappa shape index (κ1) is 13.6. The average Bonchev–Trinajstić information content (AvgIpc) is 2.33. The Morgan fingerprint density at radius 1 is 1.53 bits per heavy atom. The molecule has 0 aromatic heterocycles. The number of carbonyl (C=O) groups is 1. The minimum absolute atomic E-state index is 0.0190. The molecule has 19 heavy (non-hydrogen) atoms. The lowest BCUT2D eigenvalue weighted by molar-refractivity contribution is -0.125. The van der Waals surface area contributed by atoms with Crippen LogP contribution in [0, 0.1) is 11.2 Å². The number of anilines is 1. The van der Waals surface area contributed by atoms with Crippen molar-refractivity contribution in [1.82, 2.24) is 0 Å². The summed E-state index contributed by atoms with van der Waals surface area (Å²) < 4.78 is 13.7. The van der Waals surface area contributed by atoms with Gasteiger partial charge >= 0.3 is 0 Å². The van der Waals surface area contributed by atoms with Crippen LogP contribution in [0.2, 0.25) is 5.02 Å². The monoisotopic (exact) mass is 285 g/mol. The minimum atomic E-state index is -1.05. The molecule has 2 rings (SSSR count). The number of amides is 1. The summed E-state index contributed by atoms with van der Waals surface area (Å²) in [5.74, 6) is -1.35. The summed E-state index contributed by atoms with van der Waals surface area (Å²) in [6.45, 7) is 0. The molecule has 0 bridgehead atoms. The van der Waals surface area contributed by atoms with E-state index >= 15 is 0 Å². The first-order valence-electron chi connectivity index (χ1n) is 5.75. The van der Waals surface area contributed by atoms with Crippen molar-refractivity contribution in [3.63, 3.8) is 0 Å². The summed E-state index contributed by atoms with van der Waals surface area (Å²) >= 11 is 5.63. The standard InChI is InChI=1S/C12H13ClFN3O2/c13-7-3-1-4-8(9(7)14)16-11(18)12(5-2-6-12)10(15)17-19/h1,3-4,19H,2,5-6H2,(H2,15,17)(H,16,18). The van der Waals surface area contributed by atoms with Crippen LogP contribution in [-0.4, -0.2) is 17.0 Å². The predicted molar refractivity (Wildman–Crippen MR) is 69.7 cm³/mol. The molecule has 0 heterocycles. The number of oxime groups is 1. The van der Waals surface area contributed by atoms with Crippen molar-refractivity contribution < 1.29 is 14.4 Å². The molecule has 1 aromatic carbocycles. The number of halogens is 2. The first-order valence-corrected chi connectivity index (χ1v) is 6.12. The van der Waals surface area contributed by atoms with Gasteiger partial charge in [0.25, 0.3) is 0 Å². The molecular weight excluding hydrogens is 273 g/mol. The van der Waals surface area contributed by atoms with E-state index in [-0.39, 0.29) is 16.5 Å². The third-order valence-corrected chi connectivity index (χ3v) is 3.73. The number of rotatable bonds is 3. The number of nitrogens with one attached hydrogen (secondary N) is 1. The Bertz CT molecular complexity index is 544. The quantitative estimate of drug-likeness (QED) is 0.345. The zero-order valence-electron chi connectivity index (χ0n) is 9.99. The fourth-order valence-corrected chi connectivity index (χ4v) is 2.24. The molecule has 1 aliphatic rings. The molecule has 0 aliphatic heterocycles. The number of amidine groups is 1. The molecule has 0 spiro atoms. The molecule has 1 saturated carbocycles. The van der Waals surface area contributed by atoms with Gasteiger partial charge in [0.05, 0.1) is 10.7 Å². The predicted octanol–water partition coefficient (Wildman–Crippen LogP) is 2.33. The molecule has 1 aromatic rings. The van der Waals surface area contributed by atoms with E-state index in [0.29, 0.717) is 12.8 Å². The van der Waals surface area contributed by atoms with Crippen LogP contribution in [0.25, 0.3) is 0 Å². The van der Waals surface area contributed by atoms with Gasteiger partial charge in [-0.25, -0.2) is 4.39 Å². The number of benzene rings is 1. The Morgan fingerprint density at radius 2 is 2.21 bits per heavy atom. The molecular formula is C12H13ClFN3O2. The van der Waals surface area contributed by atoms with Crippen LogP contribution in [0.3, 0.4) is 0 Å². The van der Waals surface area contributed by atoms with E-state index in [1.165, 1.54) is 18.2 Å². The van der Waals surface area contributed by atoms with E-state index in [9.17, 15) is 9.18 Å². The maximum absolute atomic E-state index is 13.7. The molecule has 4 N–H and O–H groups in total. The molecule has 1 fully saturated rings. The van der Waals surface area contributed by atoms with E-state index in [4.69, 9.17) is 22.5 Å². The van der Waals surface area contributed by atoms with Gasteiger partial charge in [-0.3, -0.25) is 4.79 Å². The van der Waals surface area contributed by atoms with E-state index in [2.05, 4.69) is 10.5 Å². The SMILES string of the molecule is N/C(=N/O)C1(C(=O)Nc2cccc(Cl)c2F)CCC1. The van der Waals surface area contributed by atoms with Gasteiger partial charge in [0, 0.05) is 0 Å². The molecule has 0 radical (unpaired) electrons. The Labute approximate surface area is 114 Å². The maximum Gasteiger partial charge on any atom is 0.238 e. The van der Waals surface area contributed by atoms with Gasteiger partial charge in [-0.05, 0) is 25.0 Å². The highest BCUT2D eigenvalue weighted by molar-refractivity contribution is 6.31. The summed E-state index contributed by atoms with van der Waals surface area (Å²) in [4.78, 5) is 12.2. The van der Waals surface area contributed by atoms with Gasteiger partial charge in [-0.15, -0.1) is 0 Å². The van der Waals surface area contributed by atoms with E-state index in [1.807, 2.05) is 0 Å². The summed E-state index contributed by atoms with van der Waals surface area (Å²) in [5, 5.41) is 14.0. The van der Waals surface area contributed by atoms with Crippen LogP contribution in [-0.2, 0) is 4.79 Å². The molecule has 7 heteroatoms. The van der Waals surface area contributed by atoms with Crippen LogP contribution < -0.4 is 11.1 Å². The molecule has 5 nitrogen and oxygen atoms in total. The van der Waals surface area contributed by atoms with Crippen molar-refractivity contribution >= 4 is 29.0 Å². The minimum Gasteiger partial charge on any atom is -0.409 e. The lowest BCUT2D eigenvalue weighted by atomic mass is 9.67. The summed E-state index contributed by atoms with van der Waals surface area (Å²) in [5.41, 5.74) is 4.48. The Morgan fingerprint density at radius 3 is 2.74 bits per heavy atom. The van der Waals surface area contributed by atoms with E-state index < -0.39 is 17.1 Å². The zero-order chi connectivity index (χ0) is 14.0.